The number of pyridine rings is 1. The summed E-state index contributed by atoms with van der Waals surface area (Å²) in [4.78, 5) is 14.2. The van der Waals surface area contributed by atoms with Gasteiger partial charge in [-0.2, -0.15) is 0 Å². The van der Waals surface area contributed by atoms with E-state index in [0.717, 1.165) is 5.56 Å². The maximum absolute atomic E-state index is 11.2. The number of rotatable bonds is 9. The van der Waals surface area contributed by atoms with Gasteiger partial charge in [0.15, 0.2) is 5.75 Å². The van der Waals surface area contributed by atoms with Crippen molar-refractivity contribution in [2.24, 2.45) is 0 Å². The predicted octanol–water partition coefficient (Wildman–Crippen LogP) is -0.435. The van der Waals surface area contributed by atoms with Crippen LogP contribution in [0.2, 0.25) is 0 Å². The van der Waals surface area contributed by atoms with Crippen LogP contribution >= 0.6 is 0 Å². The number of sulfonamides is 1. The number of aliphatic carboxylic acids is 1. The second-order valence-corrected chi connectivity index (χ2v) is 5.75. The number of carboxylic acid groups (broad SMARTS) is 1. The molecule has 0 aliphatic carbocycles. The molecule has 0 fully saturated rings. The summed E-state index contributed by atoms with van der Waals surface area (Å²) in [5.74, 6) is -2.25. The summed E-state index contributed by atoms with van der Waals surface area (Å²) in [5.41, 5.74) is 1.05. The Hall–Kier alpha value is -1.51. The van der Waals surface area contributed by atoms with Crippen LogP contribution in [0, 0.1) is 0 Å². The Labute approximate surface area is 112 Å². The molecule has 0 amide bonds. The van der Waals surface area contributed by atoms with Gasteiger partial charge in [0.05, 0.1) is 0 Å². The molecular formula is C11H17N3O4S. The number of hydrogen-bond acceptors (Lipinski definition) is 5. The highest BCUT2D eigenvalue weighted by atomic mass is 32.2. The molecule has 106 valence electrons. The maximum Gasteiger partial charge on any atom is 0.320 e. The lowest BCUT2D eigenvalue weighted by Crippen LogP contribution is -2.32. The molecule has 0 aliphatic heterocycles. The molecule has 0 spiro atoms. The molecule has 1 aromatic heterocycles. The number of carboxylic acids is 1. The minimum atomic E-state index is -3.71. The van der Waals surface area contributed by atoms with Crippen molar-refractivity contribution >= 4 is 16.0 Å². The van der Waals surface area contributed by atoms with E-state index < -0.39 is 21.7 Å². The van der Waals surface area contributed by atoms with Gasteiger partial charge in [0.2, 0.25) is 10.0 Å². The Kier molecular flexibility index (Phi) is 6.40. The van der Waals surface area contributed by atoms with Crippen molar-refractivity contribution < 1.29 is 18.3 Å². The summed E-state index contributed by atoms with van der Waals surface area (Å²) in [6, 6.07) is 3.78. The highest BCUT2D eigenvalue weighted by Crippen LogP contribution is 1.94. The lowest BCUT2D eigenvalue weighted by molar-refractivity contribution is -0.134. The first-order chi connectivity index (χ1) is 8.99. The number of nitrogens with one attached hydrogen (secondary N) is 2. The molecule has 1 heterocycles. The van der Waals surface area contributed by atoms with Crippen LogP contribution in [0.3, 0.4) is 0 Å². The lowest BCUT2D eigenvalue weighted by Gasteiger charge is -2.06. The van der Waals surface area contributed by atoms with Gasteiger partial charge in [-0.05, 0) is 24.6 Å². The van der Waals surface area contributed by atoms with Gasteiger partial charge in [0.25, 0.3) is 0 Å². The first-order valence-corrected chi connectivity index (χ1v) is 7.43. The standard InChI is InChI=1S/C11H17N3O4S/c15-11(16)9-19(17,18)14-6-2-5-13-8-10-3-1-4-12-7-10/h1,3-4,7,13-14H,2,5-6,8-9H2,(H,15,16). The van der Waals surface area contributed by atoms with Crippen LogP contribution < -0.4 is 10.0 Å². The fourth-order valence-electron chi connectivity index (χ4n) is 1.39. The average Bonchev–Trinajstić information content (AvgIpc) is 2.33. The molecule has 0 unspecified atom stereocenters. The van der Waals surface area contributed by atoms with Crippen LogP contribution in [0.4, 0.5) is 0 Å². The minimum Gasteiger partial charge on any atom is -0.480 e. The van der Waals surface area contributed by atoms with Crippen molar-refractivity contribution in [2.75, 3.05) is 18.8 Å². The van der Waals surface area contributed by atoms with Crippen molar-refractivity contribution in [3.05, 3.63) is 30.1 Å². The molecule has 0 saturated carbocycles. The largest absolute Gasteiger partial charge is 0.480 e. The molecule has 0 aliphatic rings. The predicted molar refractivity (Wildman–Crippen MR) is 70.0 cm³/mol. The van der Waals surface area contributed by atoms with E-state index >= 15 is 0 Å². The quantitative estimate of drug-likeness (QED) is 0.532. The van der Waals surface area contributed by atoms with Crippen molar-refractivity contribution in [2.45, 2.75) is 13.0 Å². The number of carbonyl (C=O) groups is 1. The minimum absolute atomic E-state index is 0.218. The molecule has 19 heavy (non-hydrogen) atoms. The first-order valence-electron chi connectivity index (χ1n) is 5.78. The second kappa shape index (κ2) is 7.82. The summed E-state index contributed by atoms with van der Waals surface area (Å²) < 4.78 is 24.6. The van der Waals surface area contributed by atoms with Gasteiger partial charge < -0.3 is 10.4 Å². The van der Waals surface area contributed by atoms with Gasteiger partial charge in [-0.3, -0.25) is 9.78 Å². The summed E-state index contributed by atoms with van der Waals surface area (Å²) in [7, 11) is -3.71. The van der Waals surface area contributed by atoms with Crippen molar-refractivity contribution in [3.63, 3.8) is 0 Å². The van der Waals surface area contributed by atoms with E-state index in [1.54, 1.807) is 12.4 Å². The Morgan fingerprint density at radius 3 is 2.79 bits per heavy atom. The van der Waals surface area contributed by atoms with E-state index in [4.69, 9.17) is 5.11 Å². The third kappa shape index (κ3) is 7.50. The molecule has 7 nitrogen and oxygen atoms in total. The summed E-state index contributed by atoms with van der Waals surface area (Å²) in [5, 5.41) is 11.5. The molecule has 0 radical (unpaired) electrons. The fourth-order valence-corrected chi connectivity index (χ4v) is 2.27. The van der Waals surface area contributed by atoms with Crippen LogP contribution in [0.1, 0.15) is 12.0 Å². The number of nitrogens with zero attached hydrogens (tertiary/aromatic N) is 1. The van der Waals surface area contributed by atoms with Gasteiger partial charge in [-0.25, -0.2) is 13.1 Å². The van der Waals surface area contributed by atoms with E-state index in [-0.39, 0.29) is 6.54 Å². The monoisotopic (exact) mass is 287 g/mol. The molecule has 1 rings (SSSR count). The third-order valence-corrected chi connectivity index (χ3v) is 3.49. The van der Waals surface area contributed by atoms with E-state index in [9.17, 15) is 13.2 Å². The fraction of sp³-hybridized carbons (Fsp3) is 0.455. The van der Waals surface area contributed by atoms with Crippen LogP contribution in [0.25, 0.3) is 0 Å². The molecule has 8 heteroatoms. The highest BCUT2D eigenvalue weighted by Gasteiger charge is 2.13. The topological polar surface area (TPSA) is 108 Å². The van der Waals surface area contributed by atoms with Crippen LogP contribution in [-0.4, -0.2) is 43.3 Å². The summed E-state index contributed by atoms with van der Waals surface area (Å²) in [6.45, 7) is 1.51. The highest BCUT2D eigenvalue weighted by molar-refractivity contribution is 7.90. The van der Waals surface area contributed by atoms with Crippen LogP contribution in [-0.2, 0) is 21.4 Å². The zero-order valence-corrected chi connectivity index (χ0v) is 11.2. The summed E-state index contributed by atoms with van der Waals surface area (Å²) in [6.07, 6.45) is 4.03. The Bertz CT molecular complexity index is 490. The normalized spacial score (nSPS) is 11.4. The van der Waals surface area contributed by atoms with Gasteiger partial charge in [-0.15, -0.1) is 0 Å². The average molecular weight is 287 g/mol. The smallest absolute Gasteiger partial charge is 0.320 e. The summed E-state index contributed by atoms with van der Waals surface area (Å²) >= 11 is 0. The Morgan fingerprint density at radius 1 is 1.37 bits per heavy atom. The molecule has 0 atom stereocenters. The lowest BCUT2D eigenvalue weighted by atomic mass is 10.3. The Balaban J connectivity index is 2.10. The zero-order chi connectivity index (χ0) is 14.1. The van der Waals surface area contributed by atoms with Gasteiger partial charge in [0.1, 0.15) is 0 Å². The van der Waals surface area contributed by atoms with Crippen molar-refractivity contribution in [1.29, 1.82) is 0 Å². The third-order valence-electron chi connectivity index (χ3n) is 2.22. The van der Waals surface area contributed by atoms with Gasteiger partial charge in [-0.1, -0.05) is 6.07 Å². The zero-order valence-electron chi connectivity index (χ0n) is 10.4. The van der Waals surface area contributed by atoms with E-state index in [0.29, 0.717) is 19.5 Å². The molecule has 0 bridgehead atoms. The van der Waals surface area contributed by atoms with Crippen LogP contribution in [0.5, 0.6) is 0 Å². The molecular weight excluding hydrogens is 270 g/mol. The van der Waals surface area contributed by atoms with Gasteiger partial charge >= 0.3 is 5.97 Å². The first kappa shape index (κ1) is 15.5. The molecule has 1 aromatic rings. The van der Waals surface area contributed by atoms with Crippen LogP contribution in [0.15, 0.2) is 24.5 Å². The van der Waals surface area contributed by atoms with Crippen molar-refractivity contribution in [3.8, 4) is 0 Å². The van der Waals surface area contributed by atoms with E-state index in [1.807, 2.05) is 12.1 Å². The van der Waals surface area contributed by atoms with Crippen molar-refractivity contribution in [1.82, 2.24) is 15.0 Å². The molecule has 0 aromatic carbocycles. The Morgan fingerprint density at radius 2 is 2.16 bits per heavy atom. The second-order valence-electron chi connectivity index (χ2n) is 3.94. The molecule has 3 N–H and O–H groups in total. The SMILES string of the molecule is O=C(O)CS(=O)(=O)NCCCNCc1cccnc1. The maximum atomic E-state index is 11.2. The van der Waals surface area contributed by atoms with Gasteiger partial charge in [0, 0.05) is 25.5 Å². The number of hydrogen-bond donors (Lipinski definition) is 3. The van der Waals surface area contributed by atoms with E-state index in [2.05, 4.69) is 15.0 Å². The number of aromatic nitrogens is 1. The van der Waals surface area contributed by atoms with E-state index in [1.165, 1.54) is 0 Å². The molecule has 0 saturated heterocycles.